The first-order chi connectivity index (χ1) is 7.42. The molecule has 0 atom stereocenters. The summed E-state index contributed by atoms with van der Waals surface area (Å²) in [5.41, 5.74) is -3.93. The van der Waals surface area contributed by atoms with Crippen LogP contribution >= 0.6 is 27.7 Å². The number of halogens is 5. The molecule has 0 unspecified atom stereocenters. The Labute approximate surface area is 104 Å². The maximum absolute atomic E-state index is 12.9. The van der Waals surface area contributed by atoms with Crippen LogP contribution in [-0.2, 0) is 6.42 Å². The zero-order valence-corrected chi connectivity index (χ0v) is 10.6. The van der Waals surface area contributed by atoms with Gasteiger partial charge in [-0.3, -0.25) is 0 Å². The van der Waals surface area contributed by atoms with E-state index in [0.29, 0.717) is 23.7 Å². The standard InChI is InChI=1S/C10H9BrF4S/c11-5-1-2-7-6-8(12)3-4-9(7)16-10(13,14)15/h3-4,6H,1-2,5H2. The van der Waals surface area contributed by atoms with Crippen molar-refractivity contribution in [3.63, 3.8) is 0 Å². The van der Waals surface area contributed by atoms with E-state index < -0.39 is 11.3 Å². The summed E-state index contributed by atoms with van der Waals surface area (Å²) in [6, 6.07) is 3.39. The zero-order chi connectivity index (χ0) is 12.2. The van der Waals surface area contributed by atoms with Crippen LogP contribution in [0.1, 0.15) is 12.0 Å². The van der Waals surface area contributed by atoms with Crippen LogP contribution in [0.5, 0.6) is 0 Å². The van der Waals surface area contributed by atoms with Gasteiger partial charge >= 0.3 is 5.51 Å². The molecule has 1 aromatic carbocycles. The first-order valence-corrected chi connectivity index (χ1v) is 6.46. The summed E-state index contributed by atoms with van der Waals surface area (Å²) in [6.07, 6.45) is 1.11. The molecule has 0 fully saturated rings. The molecule has 0 amide bonds. The summed E-state index contributed by atoms with van der Waals surface area (Å²) in [5.74, 6) is -0.504. The first-order valence-electron chi connectivity index (χ1n) is 4.52. The molecule has 0 heterocycles. The van der Waals surface area contributed by atoms with Crippen LogP contribution < -0.4 is 0 Å². The maximum atomic E-state index is 12.9. The lowest BCUT2D eigenvalue weighted by Crippen LogP contribution is -2.01. The third kappa shape index (κ3) is 4.74. The molecule has 0 bridgehead atoms. The molecule has 0 aliphatic carbocycles. The van der Waals surface area contributed by atoms with Gasteiger partial charge < -0.3 is 0 Å². The lowest BCUT2D eigenvalue weighted by Gasteiger charge is -2.10. The Balaban J connectivity index is 2.89. The van der Waals surface area contributed by atoms with Gasteiger partial charge in [-0.25, -0.2) is 4.39 Å². The van der Waals surface area contributed by atoms with Crippen molar-refractivity contribution in [1.82, 2.24) is 0 Å². The van der Waals surface area contributed by atoms with Gasteiger partial charge in [0.05, 0.1) is 0 Å². The van der Waals surface area contributed by atoms with E-state index in [-0.39, 0.29) is 16.7 Å². The molecule has 1 aromatic rings. The molecular formula is C10H9BrF4S. The highest BCUT2D eigenvalue weighted by atomic mass is 79.9. The summed E-state index contributed by atoms with van der Waals surface area (Å²) in [5, 5.41) is 0.680. The average Bonchev–Trinajstić information content (AvgIpc) is 2.16. The van der Waals surface area contributed by atoms with Crippen LogP contribution in [0.4, 0.5) is 17.6 Å². The number of thioether (sulfide) groups is 1. The van der Waals surface area contributed by atoms with Crippen molar-refractivity contribution >= 4 is 27.7 Å². The molecule has 0 spiro atoms. The van der Waals surface area contributed by atoms with E-state index in [0.717, 1.165) is 12.1 Å². The number of rotatable bonds is 4. The Morgan fingerprint density at radius 2 is 1.94 bits per heavy atom. The molecule has 0 saturated heterocycles. The molecule has 90 valence electrons. The Hall–Kier alpha value is -0.230. The Kier molecular flexibility index (Phi) is 5.11. The van der Waals surface area contributed by atoms with E-state index in [1.165, 1.54) is 6.07 Å². The van der Waals surface area contributed by atoms with Crippen LogP contribution in [-0.4, -0.2) is 10.8 Å². The number of hydrogen-bond donors (Lipinski definition) is 0. The number of hydrogen-bond acceptors (Lipinski definition) is 1. The highest BCUT2D eigenvalue weighted by molar-refractivity contribution is 9.09. The van der Waals surface area contributed by atoms with Gasteiger partial charge in [0.1, 0.15) is 5.82 Å². The van der Waals surface area contributed by atoms with E-state index in [1.54, 1.807) is 0 Å². The monoisotopic (exact) mass is 316 g/mol. The molecule has 16 heavy (non-hydrogen) atoms. The third-order valence-electron chi connectivity index (χ3n) is 1.83. The molecule has 6 heteroatoms. The van der Waals surface area contributed by atoms with Crippen LogP contribution in [0.3, 0.4) is 0 Å². The minimum atomic E-state index is -4.33. The van der Waals surface area contributed by atoms with Crippen molar-refractivity contribution in [1.29, 1.82) is 0 Å². The molecule has 0 aromatic heterocycles. The number of alkyl halides is 4. The second-order valence-corrected chi connectivity index (χ2v) is 4.99. The van der Waals surface area contributed by atoms with Gasteiger partial charge in [0.2, 0.25) is 0 Å². The molecule has 0 aliphatic rings. The number of benzene rings is 1. The fourth-order valence-corrected chi connectivity index (χ4v) is 2.18. The second-order valence-electron chi connectivity index (χ2n) is 3.09. The Bertz CT molecular complexity index is 351. The Morgan fingerprint density at radius 3 is 2.50 bits per heavy atom. The second kappa shape index (κ2) is 5.91. The van der Waals surface area contributed by atoms with Crippen molar-refractivity contribution in [2.45, 2.75) is 23.2 Å². The largest absolute Gasteiger partial charge is 0.446 e. The minimum absolute atomic E-state index is 0.0786. The van der Waals surface area contributed by atoms with Crippen molar-refractivity contribution in [2.75, 3.05) is 5.33 Å². The quantitative estimate of drug-likeness (QED) is 0.438. The van der Waals surface area contributed by atoms with Gasteiger partial charge in [-0.15, -0.1) is 0 Å². The van der Waals surface area contributed by atoms with Gasteiger partial charge in [-0.05, 0) is 48.4 Å². The summed E-state index contributed by atoms with van der Waals surface area (Å²) in [6.45, 7) is 0. The average molecular weight is 317 g/mol. The van der Waals surface area contributed by atoms with Gasteiger partial charge in [0.15, 0.2) is 0 Å². The predicted octanol–water partition coefficient (Wildman–Crippen LogP) is 4.77. The molecule has 0 nitrogen and oxygen atoms in total. The Morgan fingerprint density at radius 1 is 1.25 bits per heavy atom. The fraction of sp³-hybridized carbons (Fsp3) is 0.400. The molecular weight excluding hydrogens is 308 g/mol. The summed E-state index contributed by atoms with van der Waals surface area (Å²) < 4.78 is 49.5. The highest BCUT2D eigenvalue weighted by Crippen LogP contribution is 2.39. The van der Waals surface area contributed by atoms with Crippen molar-refractivity contribution in [3.05, 3.63) is 29.6 Å². The molecule has 0 N–H and O–H groups in total. The first kappa shape index (κ1) is 13.8. The molecule has 0 aliphatic heterocycles. The van der Waals surface area contributed by atoms with E-state index in [4.69, 9.17) is 0 Å². The lowest BCUT2D eigenvalue weighted by atomic mass is 10.1. The predicted molar refractivity (Wildman–Crippen MR) is 60.4 cm³/mol. The van der Waals surface area contributed by atoms with Crippen LogP contribution in [0.25, 0.3) is 0 Å². The van der Waals surface area contributed by atoms with Gasteiger partial charge in [-0.1, -0.05) is 15.9 Å². The van der Waals surface area contributed by atoms with Crippen molar-refractivity contribution in [2.24, 2.45) is 0 Å². The summed E-state index contributed by atoms with van der Waals surface area (Å²) in [4.78, 5) is 0.0786. The van der Waals surface area contributed by atoms with Gasteiger partial charge in [-0.2, -0.15) is 13.2 Å². The third-order valence-corrected chi connectivity index (χ3v) is 3.24. The van der Waals surface area contributed by atoms with E-state index >= 15 is 0 Å². The smallest absolute Gasteiger partial charge is 0.207 e. The molecule has 1 rings (SSSR count). The fourth-order valence-electron chi connectivity index (χ4n) is 1.22. The normalized spacial score (nSPS) is 11.8. The highest BCUT2D eigenvalue weighted by Gasteiger charge is 2.30. The van der Waals surface area contributed by atoms with Crippen LogP contribution in [0.15, 0.2) is 23.1 Å². The van der Waals surface area contributed by atoms with Crippen molar-refractivity contribution < 1.29 is 17.6 Å². The topological polar surface area (TPSA) is 0 Å². The van der Waals surface area contributed by atoms with E-state index in [2.05, 4.69) is 15.9 Å². The molecule has 0 radical (unpaired) electrons. The maximum Gasteiger partial charge on any atom is 0.446 e. The molecule has 0 saturated carbocycles. The zero-order valence-electron chi connectivity index (χ0n) is 8.15. The van der Waals surface area contributed by atoms with Gasteiger partial charge in [0.25, 0.3) is 0 Å². The SMILES string of the molecule is Fc1ccc(SC(F)(F)F)c(CCCBr)c1. The summed E-state index contributed by atoms with van der Waals surface area (Å²) in [7, 11) is 0. The lowest BCUT2D eigenvalue weighted by molar-refractivity contribution is -0.0328. The minimum Gasteiger partial charge on any atom is -0.207 e. The van der Waals surface area contributed by atoms with Crippen LogP contribution in [0, 0.1) is 5.82 Å². The van der Waals surface area contributed by atoms with Gasteiger partial charge in [0, 0.05) is 10.2 Å². The summed E-state index contributed by atoms with van der Waals surface area (Å²) >= 11 is 2.99. The van der Waals surface area contributed by atoms with Crippen molar-refractivity contribution in [3.8, 4) is 0 Å². The van der Waals surface area contributed by atoms with E-state index in [9.17, 15) is 17.6 Å². The van der Waals surface area contributed by atoms with E-state index in [1.807, 2.05) is 0 Å². The van der Waals surface area contributed by atoms with Crippen LogP contribution in [0.2, 0.25) is 0 Å². The number of aryl methyl sites for hydroxylation is 1.